The van der Waals surface area contributed by atoms with Crippen LogP contribution in [0.4, 0.5) is 0 Å². The molecule has 0 aliphatic heterocycles. The van der Waals surface area contributed by atoms with Gasteiger partial charge in [-0.05, 0) is 6.42 Å². The minimum atomic E-state index is -0.694. The third kappa shape index (κ3) is 2.57. The summed E-state index contributed by atoms with van der Waals surface area (Å²) < 4.78 is 3.73. The summed E-state index contributed by atoms with van der Waals surface area (Å²) in [6.45, 7) is 3.02. The lowest BCUT2D eigenvalue weighted by molar-refractivity contribution is 0.161. The lowest BCUT2D eigenvalue weighted by Crippen LogP contribution is -2.12. The van der Waals surface area contributed by atoms with Crippen molar-refractivity contribution < 1.29 is 5.11 Å². The summed E-state index contributed by atoms with van der Waals surface area (Å²) in [4.78, 5) is 8.39. The number of aryl methyl sites for hydroxylation is 1. The van der Waals surface area contributed by atoms with Gasteiger partial charge in [0.05, 0.1) is 6.20 Å². The molecule has 0 spiro atoms. The van der Waals surface area contributed by atoms with E-state index < -0.39 is 6.10 Å². The highest BCUT2D eigenvalue weighted by Crippen LogP contribution is 2.19. The van der Waals surface area contributed by atoms with Gasteiger partial charge < -0.3 is 14.2 Å². The van der Waals surface area contributed by atoms with E-state index >= 15 is 0 Å². The summed E-state index contributed by atoms with van der Waals surface area (Å²) in [6.07, 6.45) is 6.00. The molecule has 98 valence electrons. The Morgan fingerprint density at radius 2 is 2.22 bits per heavy atom. The van der Waals surface area contributed by atoms with E-state index in [1.54, 1.807) is 24.0 Å². The number of aromatic nitrogens is 4. The van der Waals surface area contributed by atoms with Gasteiger partial charge in [0, 0.05) is 32.4 Å². The van der Waals surface area contributed by atoms with Gasteiger partial charge in [-0.3, -0.25) is 0 Å². The van der Waals surface area contributed by atoms with Gasteiger partial charge in [-0.1, -0.05) is 18.5 Å². The van der Waals surface area contributed by atoms with E-state index in [2.05, 4.69) is 16.9 Å². The van der Waals surface area contributed by atoms with Crippen LogP contribution >= 0.6 is 11.6 Å². The SMILES string of the molecule is CCCn1ccnc1CC(O)c1ncc(Cl)n1C. The first-order chi connectivity index (χ1) is 8.63. The Hall–Kier alpha value is -1.33. The van der Waals surface area contributed by atoms with Crippen LogP contribution in [0.5, 0.6) is 0 Å². The molecular weight excluding hydrogens is 252 g/mol. The van der Waals surface area contributed by atoms with Crippen LogP contribution in [0.2, 0.25) is 5.15 Å². The van der Waals surface area contributed by atoms with Gasteiger partial charge in [-0.25, -0.2) is 9.97 Å². The molecule has 1 N–H and O–H groups in total. The second kappa shape index (κ2) is 5.54. The molecule has 2 rings (SSSR count). The Morgan fingerprint density at radius 3 is 2.83 bits per heavy atom. The van der Waals surface area contributed by atoms with Gasteiger partial charge in [0.2, 0.25) is 0 Å². The average Bonchev–Trinajstić information content (AvgIpc) is 2.89. The van der Waals surface area contributed by atoms with Crippen molar-refractivity contribution in [1.29, 1.82) is 0 Å². The standard InChI is InChI=1S/C12H17ClN4O/c1-3-5-17-6-4-14-11(17)7-9(18)12-15-8-10(13)16(12)2/h4,6,8-9,18H,3,5,7H2,1-2H3. The van der Waals surface area contributed by atoms with E-state index in [0.717, 1.165) is 18.8 Å². The Morgan fingerprint density at radius 1 is 1.44 bits per heavy atom. The van der Waals surface area contributed by atoms with Crippen LogP contribution in [-0.4, -0.2) is 24.2 Å². The Balaban J connectivity index is 2.13. The van der Waals surface area contributed by atoms with E-state index in [0.29, 0.717) is 17.4 Å². The largest absolute Gasteiger partial charge is 0.385 e. The summed E-state index contributed by atoms with van der Waals surface area (Å²) in [7, 11) is 1.78. The summed E-state index contributed by atoms with van der Waals surface area (Å²) in [5.74, 6) is 1.43. The van der Waals surface area contributed by atoms with Crippen LogP contribution < -0.4 is 0 Å². The number of rotatable bonds is 5. The van der Waals surface area contributed by atoms with Gasteiger partial charge in [0.15, 0.2) is 0 Å². The van der Waals surface area contributed by atoms with Gasteiger partial charge in [-0.15, -0.1) is 0 Å². The van der Waals surface area contributed by atoms with Crippen molar-refractivity contribution in [1.82, 2.24) is 19.1 Å². The number of hydrogen-bond donors (Lipinski definition) is 1. The van der Waals surface area contributed by atoms with Gasteiger partial charge in [-0.2, -0.15) is 0 Å². The molecule has 6 heteroatoms. The third-order valence-electron chi connectivity index (χ3n) is 2.91. The van der Waals surface area contributed by atoms with Gasteiger partial charge >= 0.3 is 0 Å². The zero-order valence-electron chi connectivity index (χ0n) is 10.5. The van der Waals surface area contributed by atoms with Crippen molar-refractivity contribution in [2.45, 2.75) is 32.4 Å². The first-order valence-electron chi connectivity index (χ1n) is 5.98. The fraction of sp³-hybridized carbons (Fsp3) is 0.500. The lowest BCUT2D eigenvalue weighted by Gasteiger charge is -2.12. The van der Waals surface area contributed by atoms with E-state index in [1.807, 2.05) is 10.8 Å². The summed E-state index contributed by atoms with van der Waals surface area (Å²) in [5.41, 5.74) is 0. The summed E-state index contributed by atoms with van der Waals surface area (Å²) >= 11 is 5.90. The molecule has 0 saturated carbocycles. The number of aliphatic hydroxyl groups excluding tert-OH is 1. The molecule has 0 saturated heterocycles. The molecule has 2 aromatic heterocycles. The minimum absolute atomic E-state index is 0.439. The molecule has 5 nitrogen and oxygen atoms in total. The zero-order valence-corrected chi connectivity index (χ0v) is 11.3. The van der Waals surface area contributed by atoms with Crippen molar-refractivity contribution in [3.63, 3.8) is 0 Å². The number of halogens is 1. The fourth-order valence-corrected chi connectivity index (χ4v) is 2.09. The monoisotopic (exact) mass is 268 g/mol. The van der Waals surface area contributed by atoms with Crippen LogP contribution in [-0.2, 0) is 20.0 Å². The average molecular weight is 269 g/mol. The normalized spacial score (nSPS) is 12.9. The highest BCUT2D eigenvalue weighted by Gasteiger charge is 2.17. The van der Waals surface area contributed by atoms with Gasteiger partial charge in [0.25, 0.3) is 0 Å². The topological polar surface area (TPSA) is 55.9 Å². The molecule has 0 fully saturated rings. The maximum Gasteiger partial charge on any atom is 0.139 e. The van der Waals surface area contributed by atoms with Crippen molar-refractivity contribution in [2.75, 3.05) is 0 Å². The second-order valence-electron chi connectivity index (χ2n) is 4.25. The van der Waals surface area contributed by atoms with Crippen LogP contribution in [0.3, 0.4) is 0 Å². The molecule has 18 heavy (non-hydrogen) atoms. The Kier molecular flexibility index (Phi) is 4.04. The molecule has 0 aliphatic carbocycles. The second-order valence-corrected chi connectivity index (χ2v) is 4.64. The number of nitrogens with zero attached hydrogens (tertiary/aromatic N) is 4. The molecule has 2 heterocycles. The molecule has 0 amide bonds. The Labute approximate surface area is 111 Å². The predicted octanol–water partition coefficient (Wildman–Crippen LogP) is 1.96. The lowest BCUT2D eigenvalue weighted by atomic mass is 10.2. The van der Waals surface area contributed by atoms with Gasteiger partial charge in [0.1, 0.15) is 22.9 Å². The fourth-order valence-electron chi connectivity index (χ4n) is 1.95. The molecule has 2 aromatic rings. The Bertz CT molecular complexity index is 520. The van der Waals surface area contributed by atoms with E-state index in [9.17, 15) is 5.11 Å². The first-order valence-corrected chi connectivity index (χ1v) is 6.36. The minimum Gasteiger partial charge on any atom is -0.385 e. The van der Waals surface area contributed by atoms with Crippen molar-refractivity contribution in [2.24, 2.45) is 7.05 Å². The van der Waals surface area contributed by atoms with Crippen LogP contribution in [0.25, 0.3) is 0 Å². The number of aliphatic hydroxyl groups is 1. The predicted molar refractivity (Wildman–Crippen MR) is 69.4 cm³/mol. The zero-order chi connectivity index (χ0) is 13.1. The molecular formula is C12H17ClN4O. The van der Waals surface area contributed by atoms with Crippen molar-refractivity contribution in [3.05, 3.63) is 35.4 Å². The number of hydrogen-bond acceptors (Lipinski definition) is 3. The number of imidazole rings is 2. The van der Waals surface area contributed by atoms with Crippen molar-refractivity contribution >= 4 is 11.6 Å². The van der Waals surface area contributed by atoms with Crippen LogP contribution in [0.1, 0.15) is 31.1 Å². The first kappa shape index (κ1) is 13.1. The van der Waals surface area contributed by atoms with E-state index in [1.165, 1.54) is 0 Å². The highest BCUT2D eigenvalue weighted by molar-refractivity contribution is 6.29. The van der Waals surface area contributed by atoms with E-state index in [-0.39, 0.29) is 0 Å². The highest BCUT2D eigenvalue weighted by atomic mass is 35.5. The molecule has 1 unspecified atom stereocenters. The van der Waals surface area contributed by atoms with E-state index in [4.69, 9.17) is 11.6 Å². The smallest absolute Gasteiger partial charge is 0.139 e. The third-order valence-corrected chi connectivity index (χ3v) is 3.26. The van der Waals surface area contributed by atoms with Crippen molar-refractivity contribution in [3.8, 4) is 0 Å². The maximum absolute atomic E-state index is 10.2. The van der Waals surface area contributed by atoms with Crippen LogP contribution in [0, 0.1) is 0 Å². The maximum atomic E-state index is 10.2. The van der Waals surface area contributed by atoms with Crippen LogP contribution in [0.15, 0.2) is 18.6 Å². The molecule has 0 bridgehead atoms. The summed E-state index contributed by atoms with van der Waals surface area (Å²) in [6, 6.07) is 0. The molecule has 0 aromatic carbocycles. The molecule has 1 atom stereocenters. The summed E-state index contributed by atoms with van der Waals surface area (Å²) in [5, 5.41) is 10.7. The molecule has 0 radical (unpaired) electrons. The molecule has 0 aliphatic rings. The quantitative estimate of drug-likeness (QED) is 0.902.